The molecule has 0 heterocycles. The van der Waals surface area contributed by atoms with Gasteiger partial charge in [-0.15, -0.1) is 0 Å². The van der Waals surface area contributed by atoms with Crippen molar-refractivity contribution in [1.82, 2.24) is 5.32 Å². The summed E-state index contributed by atoms with van der Waals surface area (Å²) in [7, 11) is 0. The molecule has 0 spiro atoms. The summed E-state index contributed by atoms with van der Waals surface area (Å²) in [5.41, 5.74) is 0.180. The topological polar surface area (TPSA) is 12.0 Å². The van der Waals surface area contributed by atoms with Gasteiger partial charge in [-0.3, -0.25) is 0 Å². The van der Waals surface area contributed by atoms with Gasteiger partial charge in [0.25, 0.3) is 0 Å². The van der Waals surface area contributed by atoms with Crippen LogP contribution in [0, 0.1) is 0 Å². The molecule has 0 aromatic heterocycles. The normalized spacial score (nSPS) is 19.0. The van der Waals surface area contributed by atoms with Crippen LogP contribution in [0.4, 0.5) is 13.2 Å². The lowest BCUT2D eigenvalue weighted by Gasteiger charge is -2.38. The fourth-order valence-electron chi connectivity index (χ4n) is 3.19. The number of likely N-dealkylation sites (N-methyl/N-ethyl adjacent to an activating group) is 1. The van der Waals surface area contributed by atoms with Crippen molar-refractivity contribution in [1.29, 1.82) is 0 Å². The van der Waals surface area contributed by atoms with Gasteiger partial charge in [-0.05, 0) is 31.0 Å². The molecule has 2 rings (SSSR count). The molecule has 0 aliphatic heterocycles. The minimum atomic E-state index is -4.26. The molecule has 0 bridgehead atoms. The number of rotatable bonds is 4. The number of halogens is 3. The fourth-order valence-corrected chi connectivity index (χ4v) is 3.19. The SMILES string of the molecule is CCNCC1(c2cccc(C(F)(F)F)c2)CCCCC1. The minimum Gasteiger partial charge on any atom is -0.316 e. The first kappa shape index (κ1) is 15.4. The number of alkyl halides is 3. The third-order valence-corrected chi connectivity index (χ3v) is 4.33. The number of hydrogen-bond donors (Lipinski definition) is 1. The molecule has 1 aliphatic rings. The van der Waals surface area contributed by atoms with E-state index in [0.29, 0.717) is 0 Å². The van der Waals surface area contributed by atoms with Crippen molar-refractivity contribution in [2.75, 3.05) is 13.1 Å². The standard InChI is InChI=1S/C16H22F3N/c1-2-20-12-15(9-4-3-5-10-15)13-7-6-8-14(11-13)16(17,18)19/h6-8,11,20H,2-5,9-10,12H2,1H3. The summed E-state index contributed by atoms with van der Waals surface area (Å²) in [6.45, 7) is 3.65. The molecule has 1 saturated carbocycles. The highest BCUT2D eigenvalue weighted by Crippen LogP contribution is 2.41. The van der Waals surface area contributed by atoms with Crippen LogP contribution in [-0.2, 0) is 11.6 Å². The van der Waals surface area contributed by atoms with Crippen LogP contribution in [0.1, 0.15) is 50.2 Å². The van der Waals surface area contributed by atoms with Gasteiger partial charge in [-0.1, -0.05) is 44.4 Å². The Bertz CT molecular complexity index is 434. The van der Waals surface area contributed by atoms with Gasteiger partial charge in [0.1, 0.15) is 0 Å². The molecule has 1 aliphatic carbocycles. The number of nitrogens with one attached hydrogen (secondary N) is 1. The number of benzene rings is 1. The maximum Gasteiger partial charge on any atom is 0.416 e. The second-order valence-corrected chi connectivity index (χ2v) is 5.70. The van der Waals surface area contributed by atoms with E-state index >= 15 is 0 Å². The summed E-state index contributed by atoms with van der Waals surface area (Å²) in [5, 5.41) is 3.33. The van der Waals surface area contributed by atoms with E-state index in [9.17, 15) is 13.2 Å². The van der Waals surface area contributed by atoms with Crippen LogP contribution < -0.4 is 5.32 Å². The largest absolute Gasteiger partial charge is 0.416 e. The first-order valence-corrected chi connectivity index (χ1v) is 7.36. The van der Waals surface area contributed by atoms with Crippen molar-refractivity contribution in [2.45, 2.75) is 50.6 Å². The van der Waals surface area contributed by atoms with Crippen molar-refractivity contribution >= 4 is 0 Å². The lowest BCUT2D eigenvalue weighted by atomic mass is 9.69. The Morgan fingerprint density at radius 3 is 2.45 bits per heavy atom. The zero-order valence-corrected chi connectivity index (χ0v) is 11.9. The van der Waals surface area contributed by atoms with Gasteiger partial charge in [0.05, 0.1) is 5.56 Å². The average Bonchev–Trinajstić information content (AvgIpc) is 2.45. The molecule has 0 radical (unpaired) electrons. The van der Waals surface area contributed by atoms with Crippen LogP contribution in [0.3, 0.4) is 0 Å². The van der Waals surface area contributed by atoms with Crippen LogP contribution in [0.15, 0.2) is 24.3 Å². The zero-order chi connectivity index (χ0) is 14.6. The second-order valence-electron chi connectivity index (χ2n) is 5.70. The Labute approximate surface area is 118 Å². The highest BCUT2D eigenvalue weighted by atomic mass is 19.4. The van der Waals surface area contributed by atoms with E-state index in [-0.39, 0.29) is 5.41 Å². The molecule has 4 heteroatoms. The molecule has 0 amide bonds. The molecule has 1 aromatic rings. The maximum absolute atomic E-state index is 12.9. The third-order valence-electron chi connectivity index (χ3n) is 4.33. The van der Waals surface area contributed by atoms with Gasteiger partial charge in [0.15, 0.2) is 0 Å². The van der Waals surface area contributed by atoms with Gasteiger partial charge >= 0.3 is 6.18 Å². The van der Waals surface area contributed by atoms with Gasteiger partial charge < -0.3 is 5.32 Å². The maximum atomic E-state index is 12.9. The predicted molar refractivity (Wildman–Crippen MR) is 74.8 cm³/mol. The summed E-state index contributed by atoms with van der Waals surface area (Å²) in [5.74, 6) is 0. The lowest BCUT2D eigenvalue weighted by molar-refractivity contribution is -0.137. The van der Waals surface area contributed by atoms with E-state index < -0.39 is 11.7 Å². The van der Waals surface area contributed by atoms with Gasteiger partial charge in [-0.25, -0.2) is 0 Å². The van der Waals surface area contributed by atoms with Crippen LogP contribution in [-0.4, -0.2) is 13.1 Å². The first-order chi connectivity index (χ1) is 9.48. The van der Waals surface area contributed by atoms with E-state index in [0.717, 1.165) is 50.4 Å². The van der Waals surface area contributed by atoms with Crippen LogP contribution in [0.25, 0.3) is 0 Å². The van der Waals surface area contributed by atoms with E-state index in [1.807, 2.05) is 13.0 Å². The molecule has 0 atom stereocenters. The van der Waals surface area contributed by atoms with E-state index in [1.54, 1.807) is 6.07 Å². The first-order valence-electron chi connectivity index (χ1n) is 7.36. The van der Waals surface area contributed by atoms with E-state index in [4.69, 9.17) is 0 Å². The van der Waals surface area contributed by atoms with Crippen molar-refractivity contribution in [3.8, 4) is 0 Å². The highest BCUT2D eigenvalue weighted by Gasteiger charge is 2.36. The van der Waals surface area contributed by atoms with E-state index in [1.165, 1.54) is 12.5 Å². The van der Waals surface area contributed by atoms with Crippen molar-refractivity contribution in [3.63, 3.8) is 0 Å². The zero-order valence-electron chi connectivity index (χ0n) is 11.9. The highest BCUT2D eigenvalue weighted by molar-refractivity contribution is 5.32. The van der Waals surface area contributed by atoms with Crippen molar-refractivity contribution < 1.29 is 13.2 Å². The van der Waals surface area contributed by atoms with Gasteiger partial charge in [-0.2, -0.15) is 13.2 Å². The Morgan fingerprint density at radius 2 is 1.85 bits per heavy atom. The lowest BCUT2D eigenvalue weighted by Crippen LogP contribution is -2.40. The summed E-state index contributed by atoms with van der Waals surface area (Å²) in [4.78, 5) is 0. The summed E-state index contributed by atoms with van der Waals surface area (Å²) in [6.07, 6.45) is 1.07. The predicted octanol–water partition coefficient (Wildman–Crippen LogP) is 4.52. The molecule has 1 nitrogen and oxygen atoms in total. The third kappa shape index (κ3) is 3.35. The fraction of sp³-hybridized carbons (Fsp3) is 0.625. The minimum absolute atomic E-state index is 0.129. The Hall–Kier alpha value is -1.03. The molecule has 0 unspecified atom stereocenters. The Kier molecular flexibility index (Phi) is 4.74. The second kappa shape index (κ2) is 6.17. The molecular formula is C16H22F3N. The van der Waals surface area contributed by atoms with Crippen molar-refractivity contribution in [2.24, 2.45) is 0 Å². The quantitative estimate of drug-likeness (QED) is 0.858. The molecule has 1 aromatic carbocycles. The molecular weight excluding hydrogens is 263 g/mol. The molecule has 112 valence electrons. The summed E-state index contributed by atoms with van der Waals surface area (Å²) in [6, 6.07) is 5.91. The van der Waals surface area contributed by atoms with Gasteiger partial charge in [0.2, 0.25) is 0 Å². The Morgan fingerprint density at radius 1 is 1.15 bits per heavy atom. The molecule has 1 N–H and O–H groups in total. The summed E-state index contributed by atoms with van der Waals surface area (Å²) < 4.78 is 38.7. The summed E-state index contributed by atoms with van der Waals surface area (Å²) >= 11 is 0. The molecule has 0 saturated heterocycles. The smallest absolute Gasteiger partial charge is 0.316 e. The van der Waals surface area contributed by atoms with Crippen LogP contribution in [0.2, 0.25) is 0 Å². The van der Waals surface area contributed by atoms with Crippen molar-refractivity contribution in [3.05, 3.63) is 35.4 Å². The van der Waals surface area contributed by atoms with E-state index in [2.05, 4.69) is 5.32 Å². The molecule has 20 heavy (non-hydrogen) atoms. The number of hydrogen-bond acceptors (Lipinski definition) is 1. The van der Waals surface area contributed by atoms with Crippen LogP contribution >= 0.6 is 0 Å². The molecule has 1 fully saturated rings. The average molecular weight is 285 g/mol. The van der Waals surface area contributed by atoms with Gasteiger partial charge in [0, 0.05) is 12.0 Å². The Balaban J connectivity index is 2.33. The monoisotopic (exact) mass is 285 g/mol. The van der Waals surface area contributed by atoms with Crippen LogP contribution in [0.5, 0.6) is 0 Å².